The summed E-state index contributed by atoms with van der Waals surface area (Å²) >= 11 is 0. The van der Waals surface area contributed by atoms with Gasteiger partial charge in [0.25, 0.3) is 10.0 Å². The summed E-state index contributed by atoms with van der Waals surface area (Å²) in [6, 6.07) is 7.01. The third-order valence-electron chi connectivity index (χ3n) is 3.99. The van der Waals surface area contributed by atoms with Gasteiger partial charge in [-0.15, -0.1) is 4.40 Å². The fraction of sp³-hybridized carbons (Fsp3) is 0.235. The molecule has 138 valence electrons. The number of benzene rings is 2. The molecule has 0 spiro atoms. The van der Waals surface area contributed by atoms with Crippen LogP contribution in [-0.4, -0.2) is 34.6 Å². The van der Waals surface area contributed by atoms with Gasteiger partial charge in [-0.1, -0.05) is 18.2 Å². The maximum Gasteiger partial charge on any atom is 0.287 e. The highest BCUT2D eigenvalue weighted by Gasteiger charge is 2.28. The molecule has 2 aromatic rings. The number of hydrogen-bond donors (Lipinski definition) is 2. The number of para-hydroxylation sites is 1. The van der Waals surface area contributed by atoms with E-state index >= 15 is 0 Å². The van der Waals surface area contributed by atoms with Gasteiger partial charge in [-0.3, -0.25) is 0 Å². The summed E-state index contributed by atoms with van der Waals surface area (Å²) in [5.74, 6) is -1.88. The van der Waals surface area contributed by atoms with E-state index in [0.29, 0.717) is 24.3 Å². The van der Waals surface area contributed by atoms with Crippen LogP contribution in [0.3, 0.4) is 0 Å². The number of hydrogen-bond acceptors (Lipinski definition) is 5. The Morgan fingerprint density at radius 2 is 1.96 bits per heavy atom. The molecule has 0 fully saturated rings. The maximum atomic E-state index is 14.0. The molecular formula is C17H17F2N3O3S. The molecule has 0 amide bonds. The highest BCUT2D eigenvalue weighted by molar-refractivity contribution is 7.90. The molecule has 9 heteroatoms. The van der Waals surface area contributed by atoms with Crippen molar-refractivity contribution in [3.63, 3.8) is 0 Å². The average molecular weight is 381 g/mol. The molecule has 3 rings (SSSR count). The molecule has 6 nitrogen and oxygen atoms in total. The van der Waals surface area contributed by atoms with Crippen molar-refractivity contribution in [1.29, 1.82) is 0 Å². The van der Waals surface area contributed by atoms with Crippen molar-refractivity contribution >= 4 is 21.7 Å². The molecule has 0 aromatic heterocycles. The van der Waals surface area contributed by atoms with Crippen LogP contribution in [0.2, 0.25) is 0 Å². The molecule has 0 radical (unpaired) electrons. The lowest BCUT2D eigenvalue weighted by molar-refractivity contribution is 0.204. The monoisotopic (exact) mass is 381 g/mol. The lowest BCUT2D eigenvalue weighted by Gasteiger charge is -2.22. The molecule has 0 unspecified atom stereocenters. The Morgan fingerprint density at radius 1 is 1.19 bits per heavy atom. The number of methoxy groups -OCH3 is 1. The smallest absolute Gasteiger partial charge is 0.287 e. The van der Waals surface area contributed by atoms with Crippen molar-refractivity contribution in [3.05, 3.63) is 47.5 Å². The van der Waals surface area contributed by atoms with Crippen LogP contribution >= 0.6 is 0 Å². The summed E-state index contributed by atoms with van der Waals surface area (Å²) in [6.07, 6.45) is 0. The zero-order chi connectivity index (χ0) is 18.9. The van der Waals surface area contributed by atoms with Crippen LogP contribution in [-0.2, 0) is 14.8 Å². The summed E-state index contributed by atoms with van der Waals surface area (Å²) in [4.78, 5) is -0.0311. The van der Waals surface area contributed by atoms with Crippen molar-refractivity contribution in [2.24, 2.45) is 4.40 Å². The normalized spacial score (nSPS) is 15.0. The number of halogens is 2. The number of fused-ring (bicyclic) bond motifs is 1. The van der Waals surface area contributed by atoms with E-state index in [1.165, 1.54) is 32.2 Å². The zero-order valence-corrected chi connectivity index (χ0v) is 15.0. The Hall–Kier alpha value is -2.52. The van der Waals surface area contributed by atoms with Crippen molar-refractivity contribution in [2.45, 2.75) is 11.8 Å². The summed E-state index contributed by atoms with van der Waals surface area (Å²) in [6.45, 7) is 2.15. The fourth-order valence-corrected chi connectivity index (χ4v) is 3.82. The minimum atomic E-state index is -3.94. The van der Waals surface area contributed by atoms with E-state index in [1.54, 1.807) is 6.07 Å². The van der Waals surface area contributed by atoms with Gasteiger partial charge in [0.15, 0.2) is 11.6 Å². The Morgan fingerprint density at radius 3 is 2.69 bits per heavy atom. The van der Waals surface area contributed by atoms with Crippen molar-refractivity contribution in [3.8, 4) is 11.1 Å². The first-order valence-corrected chi connectivity index (χ1v) is 9.22. The summed E-state index contributed by atoms with van der Waals surface area (Å²) < 4.78 is 61.0. The predicted molar refractivity (Wildman–Crippen MR) is 94.7 cm³/mol. The predicted octanol–water partition coefficient (Wildman–Crippen LogP) is 2.65. The van der Waals surface area contributed by atoms with Gasteiger partial charge in [0, 0.05) is 19.2 Å². The highest BCUT2D eigenvalue weighted by Crippen LogP contribution is 2.38. The van der Waals surface area contributed by atoms with Crippen molar-refractivity contribution < 1.29 is 21.9 Å². The minimum absolute atomic E-state index is 0.0311. The second-order valence-electron chi connectivity index (χ2n) is 5.67. The Labute approximate surface area is 150 Å². The van der Waals surface area contributed by atoms with E-state index < -0.39 is 21.7 Å². The molecule has 1 heterocycles. The quantitative estimate of drug-likeness (QED) is 0.796. The first-order chi connectivity index (χ1) is 12.3. The Balaban J connectivity index is 2.11. The van der Waals surface area contributed by atoms with Crippen LogP contribution in [0.15, 0.2) is 39.6 Å². The average Bonchev–Trinajstić information content (AvgIpc) is 2.60. The standard InChI is InChI=1S/C17H17F2N3O3S/c1-10-11(6-7-13(18)15(10)19)12-4-3-5-14-16(12)21-17(20-8-9-25-2)22-26(14,23)24/h3-7H,8-9H2,1-2H3,(H2,20,21,22). The topological polar surface area (TPSA) is 79.8 Å². The molecule has 0 bridgehead atoms. The number of guanidine groups is 1. The molecular weight excluding hydrogens is 364 g/mol. The number of rotatable bonds is 4. The number of nitrogens with zero attached hydrogens (tertiary/aromatic N) is 1. The number of nitrogens with one attached hydrogen (secondary N) is 2. The van der Waals surface area contributed by atoms with Gasteiger partial charge in [-0.05, 0) is 30.2 Å². The Kier molecular flexibility index (Phi) is 4.92. The lowest BCUT2D eigenvalue weighted by atomic mass is 9.98. The van der Waals surface area contributed by atoms with E-state index in [4.69, 9.17) is 4.74 Å². The minimum Gasteiger partial charge on any atom is -0.383 e. The first-order valence-electron chi connectivity index (χ1n) is 7.78. The molecule has 1 aliphatic heterocycles. The number of sulfonamides is 1. The van der Waals surface area contributed by atoms with Crippen LogP contribution in [0.5, 0.6) is 0 Å². The SMILES string of the molecule is COCCNC1=NS(=O)(=O)c2cccc(-c3ccc(F)c(F)c3C)c2N1. The van der Waals surface area contributed by atoms with Crippen molar-refractivity contribution in [2.75, 3.05) is 25.6 Å². The summed E-state index contributed by atoms with van der Waals surface area (Å²) in [5.41, 5.74) is 1.18. The molecule has 2 N–H and O–H groups in total. The van der Waals surface area contributed by atoms with Crippen molar-refractivity contribution in [1.82, 2.24) is 5.32 Å². The molecule has 1 aliphatic rings. The van der Waals surface area contributed by atoms with Crippen LogP contribution in [0.4, 0.5) is 14.5 Å². The van der Waals surface area contributed by atoms with Crippen LogP contribution in [0.25, 0.3) is 11.1 Å². The second-order valence-corrected chi connectivity index (χ2v) is 7.24. The first kappa shape index (κ1) is 18.3. The third-order valence-corrected chi connectivity index (χ3v) is 5.31. The number of ether oxygens (including phenoxy) is 1. The molecule has 0 aliphatic carbocycles. The van der Waals surface area contributed by atoms with E-state index in [1.807, 2.05) is 0 Å². The molecule has 26 heavy (non-hydrogen) atoms. The van der Waals surface area contributed by atoms with Gasteiger partial charge >= 0.3 is 0 Å². The van der Waals surface area contributed by atoms with Crippen LogP contribution in [0, 0.1) is 18.6 Å². The third kappa shape index (κ3) is 3.27. The van der Waals surface area contributed by atoms with Gasteiger partial charge in [-0.2, -0.15) is 8.42 Å². The summed E-state index contributed by atoms with van der Waals surface area (Å²) in [7, 11) is -2.41. The van der Waals surface area contributed by atoms with Crippen LogP contribution in [0.1, 0.15) is 5.56 Å². The van der Waals surface area contributed by atoms with E-state index in [2.05, 4.69) is 15.0 Å². The molecule has 0 saturated heterocycles. The van der Waals surface area contributed by atoms with Gasteiger partial charge < -0.3 is 15.4 Å². The van der Waals surface area contributed by atoms with Gasteiger partial charge in [-0.25, -0.2) is 8.78 Å². The van der Waals surface area contributed by atoms with E-state index in [9.17, 15) is 17.2 Å². The maximum absolute atomic E-state index is 14.0. The zero-order valence-electron chi connectivity index (χ0n) is 14.1. The highest BCUT2D eigenvalue weighted by atomic mass is 32.2. The van der Waals surface area contributed by atoms with Gasteiger partial charge in [0.05, 0.1) is 12.3 Å². The van der Waals surface area contributed by atoms with E-state index in [0.717, 1.165) is 6.07 Å². The molecule has 2 aromatic carbocycles. The van der Waals surface area contributed by atoms with Gasteiger partial charge in [0.2, 0.25) is 5.96 Å². The number of anilines is 1. The fourth-order valence-electron chi connectivity index (χ4n) is 2.70. The van der Waals surface area contributed by atoms with E-state index in [-0.39, 0.29) is 22.1 Å². The molecule has 0 atom stereocenters. The van der Waals surface area contributed by atoms with Gasteiger partial charge in [0.1, 0.15) is 4.90 Å². The summed E-state index contributed by atoms with van der Waals surface area (Å²) in [5, 5.41) is 5.76. The second kappa shape index (κ2) is 7.00. The lowest BCUT2D eigenvalue weighted by Crippen LogP contribution is -2.36. The molecule has 0 saturated carbocycles. The largest absolute Gasteiger partial charge is 0.383 e. The Bertz CT molecular complexity index is 991. The van der Waals surface area contributed by atoms with Crippen LogP contribution < -0.4 is 10.6 Å².